The molecular weight excluding hydrogens is 243 g/mol. The summed E-state index contributed by atoms with van der Waals surface area (Å²) < 4.78 is 13.5. The summed E-state index contributed by atoms with van der Waals surface area (Å²) in [4.78, 5) is 17.5. The Morgan fingerprint density at radius 3 is 3.12 bits per heavy atom. The second-order valence-corrected chi connectivity index (χ2v) is 4.65. The van der Waals surface area contributed by atoms with E-state index < -0.39 is 5.82 Å². The molecule has 0 spiro atoms. The topological polar surface area (TPSA) is 33.2 Å². The summed E-state index contributed by atoms with van der Waals surface area (Å²) in [5, 5.41) is 0. The summed E-state index contributed by atoms with van der Waals surface area (Å²) >= 11 is 5.87. The van der Waals surface area contributed by atoms with E-state index in [1.165, 1.54) is 12.3 Å². The van der Waals surface area contributed by atoms with Crippen molar-refractivity contribution in [2.24, 2.45) is 5.92 Å². The lowest BCUT2D eigenvalue weighted by molar-refractivity contribution is 0.0732. The minimum Gasteiger partial charge on any atom is -0.334 e. The molecule has 3 nitrogen and oxygen atoms in total. The van der Waals surface area contributed by atoms with Crippen molar-refractivity contribution in [3.63, 3.8) is 0 Å². The van der Waals surface area contributed by atoms with Crippen molar-refractivity contribution in [2.45, 2.75) is 19.4 Å². The van der Waals surface area contributed by atoms with E-state index in [1.807, 2.05) is 0 Å². The van der Waals surface area contributed by atoms with Gasteiger partial charge >= 0.3 is 0 Å². The molecule has 0 saturated carbocycles. The van der Waals surface area contributed by atoms with Gasteiger partial charge in [0.05, 0.1) is 11.8 Å². The number of nitrogens with zero attached hydrogens (tertiary/aromatic N) is 2. The smallest absolute Gasteiger partial charge is 0.257 e. The number of halogens is 2. The first kappa shape index (κ1) is 12.3. The van der Waals surface area contributed by atoms with Crippen LogP contribution in [0.15, 0.2) is 18.5 Å². The van der Waals surface area contributed by atoms with Crippen LogP contribution in [0.3, 0.4) is 0 Å². The molecule has 1 fully saturated rings. The maximum absolute atomic E-state index is 13.5. The Balaban J connectivity index is 2.24. The van der Waals surface area contributed by atoms with Crippen molar-refractivity contribution in [1.82, 2.24) is 9.88 Å². The van der Waals surface area contributed by atoms with Crippen LogP contribution in [0.2, 0.25) is 0 Å². The minimum atomic E-state index is -0.578. The Kier molecular flexibility index (Phi) is 3.62. The maximum atomic E-state index is 13.5. The largest absolute Gasteiger partial charge is 0.334 e. The number of hydrogen-bond acceptors (Lipinski definition) is 2. The van der Waals surface area contributed by atoms with Gasteiger partial charge in [-0.3, -0.25) is 9.78 Å². The molecule has 1 aliphatic heterocycles. The monoisotopic (exact) mass is 256 g/mol. The van der Waals surface area contributed by atoms with E-state index in [0.717, 1.165) is 12.6 Å². The Morgan fingerprint density at radius 1 is 1.71 bits per heavy atom. The van der Waals surface area contributed by atoms with E-state index in [9.17, 15) is 9.18 Å². The highest BCUT2D eigenvalue weighted by Crippen LogP contribution is 2.26. The van der Waals surface area contributed by atoms with Gasteiger partial charge < -0.3 is 4.90 Å². The zero-order valence-electron chi connectivity index (χ0n) is 9.57. The molecule has 92 valence electrons. The van der Waals surface area contributed by atoms with Crippen molar-refractivity contribution in [3.05, 3.63) is 29.8 Å². The molecule has 0 aromatic carbocycles. The lowest BCUT2D eigenvalue weighted by atomic mass is 10.0. The number of rotatable bonds is 2. The Morgan fingerprint density at radius 2 is 2.47 bits per heavy atom. The summed E-state index contributed by atoms with van der Waals surface area (Å²) in [7, 11) is 0. The van der Waals surface area contributed by atoms with Gasteiger partial charge in [0.1, 0.15) is 0 Å². The van der Waals surface area contributed by atoms with Crippen LogP contribution in [0.5, 0.6) is 0 Å². The summed E-state index contributed by atoms with van der Waals surface area (Å²) in [6, 6.07) is 1.41. The molecule has 0 bridgehead atoms. The first-order valence-electron chi connectivity index (χ1n) is 5.61. The number of carbonyl (C=O) groups excluding carboxylic acids is 1. The van der Waals surface area contributed by atoms with E-state index >= 15 is 0 Å². The lowest BCUT2D eigenvalue weighted by Gasteiger charge is -2.25. The number of hydrogen-bond donors (Lipinski definition) is 0. The van der Waals surface area contributed by atoms with Crippen molar-refractivity contribution in [3.8, 4) is 0 Å². The molecular formula is C12H14ClFN2O. The van der Waals surface area contributed by atoms with Crippen molar-refractivity contribution in [1.29, 1.82) is 0 Å². The van der Waals surface area contributed by atoms with Gasteiger partial charge in [0.15, 0.2) is 5.82 Å². The quantitative estimate of drug-likeness (QED) is 0.761. The van der Waals surface area contributed by atoms with Gasteiger partial charge in [-0.2, -0.15) is 0 Å². The fourth-order valence-electron chi connectivity index (χ4n) is 2.20. The van der Waals surface area contributed by atoms with Crippen LogP contribution in [0.4, 0.5) is 4.39 Å². The summed E-state index contributed by atoms with van der Waals surface area (Å²) in [6.45, 7) is 2.70. The maximum Gasteiger partial charge on any atom is 0.257 e. The molecule has 2 heterocycles. The van der Waals surface area contributed by atoms with Crippen molar-refractivity contribution < 1.29 is 9.18 Å². The third-order valence-corrected chi connectivity index (χ3v) is 3.62. The van der Waals surface area contributed by atoms with Crippen LogP contribution in [-0.2, 0) is 0 Å². The highest BCUT2D eigenvalue weighted by atomic mass is 35.5. The first-order chi connectivity index (χ1) is 8.15. The van der Waals surface area contributed by atoms with Gasteiger partial charge in [-0.05, 0) is 18.4 Å². The number of pyridine rings is 1. The molecule has 2 rings (SSSR count). The van der Waals surface area contributed by atoms with Gasteiger partial charge in [0, 0.05) is 24.7 Å². The molecule has 5 heteroatoms. The Labute approximate surface area is 105 Å². The van der Waals surface area contributed by atoms with Gasteiger partial charge in [-0.15, -0.1) is 11.6 Å². The minimum absolute atomic E-state index is 0.00303. The standard InChI is InChI=1S/C12H14ClFN2O/c1-8-3-5-16(11(8)6-13)12(17)9-2-4-15-7-10(9)14/h2,4,7-8,11H,3,5-6H2,1H3. The average molecular weight is 257 g/mol. The van der Waals surface area contributed by atoms with Gasteiger partial charge in [0.25, 0.3) is 5.91 Å². The summed E-state index contributed by atoms with van der Waals surface area (Å²) in [5.74, 6) is -0.119. The number of likely N-dealkylation sites (tertiary alicyclic amines) is 1. The highest BCUT2D eigenvalue weighted by Gasteiger charge is 2.34. The third-order valence-electron chi connectivity index (χ3n) is 3.30. The van der Waals surface area contributed by atoms with Crippen LogP contribution < -0.4 is 0 Å². The first-order valence-corrected chi connectivity index (χ1v) is 6.15. The molecule has 1 saturated heterocycles. The zero-order chi connectivity index (χ0) is 12.4. The fraction of sp³-hybridized carbons (Fsp3) is 0.500. The van der Waals surface area contributed by atoms with Crippen LogP contribution in [0, 0.1) is 11.7 Å². The van der Waals surface area contributed by atoms with E-state index in [-0.39, 0.29) is 17.5 Å². The Bertz CT molecular complexity index is 427. The molecule has 17 heavy (non-hydrogen) atoms. The van der Waals surface area contributed by atoms with E-state index in [0.29, 0.717) is 18.3 Å². The Hall–Kier alpha value is -1.16. The van der Waals surface area contributed by atoms with Crippen LogP contribution in [-0.4, -0.2) is 34.3 Å². The van der Waals surface area contributed by atoms with Crippen LogP contribution in [0.25, 0.3) is 0 Å². The molecule has 1 aromatic rings. The molecule has 0 N–H and O–H groups in total. The molecule has 0 radical (unpaired) electrons. The molecule has 2 atom stereocenters. The van der Waals surface area contributed by atoms with E-state index in [1.54, 1.807) is 4.90 Å². The fourth-order valence-corrected chi connectivity index (χ4v) is 2.67. The zero-order valence-corrected chi connectivity index (χ0v) is 10.3. The second kappa shape index (κ2) is 5.00. The molecule has 1 aromatic heterocycles. The second-order valence-electron chi connectivity index (χ2n) is 4.34. The van der Waals surface area contributed by atoms with E-state index in [4.69, 9.17) is 11.6 Å². The number of aromatic nitrogens is 1. The number of alkyl halides is 1. The normalized spacial score (nSPS) is 24.1. The van der Waals surface area contributed by atoms with Gasteiger partial charge in [-0.1, -0.05) is 6.92 Å². The predicted octanol–water partition coefficient (Wildman–Crippen LogP) is 2.31. The predicted molar refractivity (Wildman–Crippen MR) is 63.5 cm³/mol. The number of amides is 1. The van der Waals surface area contributed by atoms with Crippen LogP contribution in [0.1, 0.15) is 23.7 Å². The number of carbonyl (C=O) groups is 1. The van der Waals surface area contributed by atoms with Crippen molar-refractivity contribution >= 4 is 17.5 Å². The lowest BCUT2D eigenvalue weighted by Crippen LogP contribution is -2.39. The molecule has 1 aliphatic rings. The SMILES string of the molecule is CC1CCN(C(=O)c2ccncc2F)C1CCl. The molecule has 0 aliphatic carbocycles. The van der Waals surface area contributed by atoms with Crippen molar-refractivity contribution in [2.75, 3.05) is 12.4 Å². The molecule has 2 unspecified atom stereocenters. The van der Waals surface area contributed by atoms with Gasteiger partial charge in [0.2, 0.25) is 0 Å². The van der Waals surface area contributed by atoms with Crippen LogP contribution >= 0.6 is 11.6 Å². The molecule has 1 amide bonds. The summed E-state index contributed by atoms with van der Waals surface area (Å²) in [6.07, 6.45) is 3.39. The highest BCUT2D eigenvalue weighted by molar-refractivity contribution is 6.18. The average Bonchev–Trinajstić information content (AvgIpc) is 2.70. The van der Waals surface area contributed by atoms with Gasteiger partial charge in [-0.25, -0.2) is 4.39 Å². The summed E-state index contributed by atoms with van der Waals surface area (Å²) in [5.41, 5.74) is 0.0733. The van der Waals surface area contributed by atoms with E-state index in [2.05, 4.69) is 11.9 Å². The third kappa shape index (κ3) is 2.27.